The predicted molar refractivity (Wildman–Crippen MR) is 92.3 cm³/mol. The van der Waals surface area contributed by atoms with E-state index in [0.29, 0.717) is 16.0 Å². The molecule has 2 aromatic rings. The van der Waals surface area contributed by atoms with Crippen LogP contribution in [0.1, 0.15) is 5.56 Å². The van der Waals surface area contributed by atoms with Crippen molar-refractivity contribution in [3.05, 3.63) is 52.5 Å². The highest BCUT2D eigenvalue weighted by molar-refractivity contribution is 9.10. The van der Waals surface area contributed by atoms with Crippen LogP contribution in [0.2, 0.25) is 0 Å². The Balaban J connectivity index is 2.39. The van der Waals surface area contributed by atoms with Crippen molar-refractivity contribution in [2.75, 3.05) is 21.3 Å². The van der Waals surface area contributed by atoms with Gasteiger partial charge in [0.25, 0.3) is 0 Å². The second kappa shape index (κ2) is 7.33. The van der Waals surface area contributed by atoms with Crippen molar-refractivity contribution in [3.8, 4) is 11.5 Å². The molecule has 5 nitrogen and oxygen atoms in total. The minimum Gasteiger partial charge on any atom is -0.493 e. The lowest BCUT2D eigenvalue weighted by Gasteiger charge is -2.19. The monoisotopic (exact) mass is 399 g/mol. The molecule has 0 spiro atoms. The van der Waals surface area contributed by atoms with Crippen molar-refractivity contribution in [1.82, 2.24) is 4.31 Å². The van der Waals surface area contributed by atoms with Crippen molar-refractivity contribution < 1.29 is 17.9 Å². The fraction of sp³-hybridized carbons (Fsp3) is 0.250. The van der Waals surface area contributed by atoms with E-state index in [9.17, 15) is 8.42 Å². The Hall–Kier alpha value is -1.57. The van der Waals surface area contributed by atoms with Gasteiger partial charge >= 0.3 is 0 Å². The number of benzene rings is 2. The molecule has 0 unspecified atom stereocenters. The third-order valence-corrected chi connectivity index (χ3v) is 6.14. The number of hydrogen-bond acceptors (Lipinski definition) is 4. The second-order valence-electron chi connectivity index (χ2n) is 4.88. The first-order valence-corrected chi connectivity index (χ1v) is 9.05. The van der Waals surface area contributed by atoms with Gasteiger partial charge in [-0.2, -0.15) is 4.31 Å². The van der Waals surface area contributed by atoms with E-state index < -0.39 is 10.0 Å². The molecule has 0 fully saturated rings. The lowest BCUT2D eigenvalue weighted by atomic mass is 10.2. The molecular formula is C16H18BrNO4S. The summed E-state index contributed by atoms with van der Waals surface area (Å²) in [6.07, 6.45) is 0. The Morgan fingerprint density at radius 2 is 1.61 bits per heavy atom. The normalized spacial score (nSPS) is 11.5. The molecule has 0 bridgehead atoms. The first-order valence-electron chi connectivity index (χ1n) is 6.82. The summed E-state index contributed by atoms with van der Waals surface area (Å²) in [6, 6.07) is 12.5. The summed E-state index contributed by atoms with van der Waals surface area (Å²) in [4.78, 5) is 0.133. The van der Waals surface area contributed by atoms with Crippen molar-refractivity contribution in [1.29, 1.82) is 0 Å². The average molecular weight is 400 g/mol. The summed E-state index contributed by atoms with van der Waals surface area (Å²) in [5, 5.41) is 0. The summed E-state index contributed by atoms with van der Waals surface area (Å²) in [5.74, 6) is 0.825. The highest BCUT2D eigenvalue weighted by Crippen LogP contribution is 2.36. The smallest absolute Gasteiger partial charge is 0.244 e. The quantitative estimate of drug-likeness (QED) is 0.747. The first-order chi connectivity index (χ1) is 10.9. The van der Waals surface area contributed by atoms with E-state index in [0.717, 1.165) is 5.56 Å². The number of methoxy groups -OCH3 is 2. The number of sulfonamides is 1. The van der Waals surface area contributed by atoms with Crippen LogP contribution in [0.15, 0.2) is 51.8 Å². The number of rotatable bonds is 6. The molecule has 2 aromatic carbocycles. The van der Waals surface area contributed by atoms with Crippen molar-refractivity contribution in [2.24, 2.45) is 0 Å². The van der Waals surface area contributed by atoms with Crippen LogP contribution in [-0.4, -0.2) is 34.0 Å². The van der Waals surface area contributed by atoms with Crippen LogP contribution in [0.25, 0.3) is 0 Å². The number of halogens is 1. The predicted octanol–water partition coefficient (Wildman–Crippen LogP) is 3.29. The molecule has 0 saturated heterocycles. The molecule has 23 heavy (non-hydrogen) atoms. The molecule has 0 aromatic heterocycles. The average Bonchev–Trinajstić information content (AvgIpc) is 2.55. The second-order valence-corrected chi connectivity index (χ2v) is 7.75. The maximum Gasteiger partial charge on any atom is 0.244 e. The lowest BCUT2D eigenvalue weighted by molar-refractivity contribution is 0.353. The summed E-state index contributed by atoms with van der Waals surface area (Å²) < 4.78 is 37.7. The van der Waals surface area contributed by atoms with Gasteiger partial charge in [-0.3, -0.25) is 0 Å². The molecule has 0 aliphatic carbocycles. The molecule has 2 rings (SSSR count). The van der Waals surface area contributed by atoms with Crippen LogP contribution in [0.5, 0.6) is 11.5 Å². The zero-order valence-electron chi connectivity index (χ0n) is 13.1. The fourth-order valence-corrected chi connectivity index (χ4v) is 4.28. The van der Waals surface area contributed by atoms with Gasteiger partial charge in [0.2, 0.25) is 10.0 Å². The zero-order chi connectivity index (χ0) is 17.0. The number of ether oxygens (including phenoxy) is 2. The highest BCUT2D eigenvalue weighted by atomic mass is 79.9. The maximum atomic E-state index is 12.8. The molecule has 0 radical (unpaired) electrons. The number of hydrogen-bond donors (Lipinski definition) is 0. The molecular weight excluding hydrogens is 382 g/mol. The summed E-state index contributed by atoms with van der Waals surface area (Å²) >= 11 is 3.30. The van der Waals surface area contributed by atoms with E-state index in [1.165, 1.54) is 24.6 Å². The van der Waals surface area contributed by atoms with Gasteiger partial charge in [-0.15, -0.1) is 0 Å². The Morgan fingerprint density at radius 1 is 1.04 bits per heavy atom. The highest BCUT2D eigenvalue weighted by Gasteiger charge is 2.25. The van der Waals surface area contributed by atoms with Crippen molar-refractivity contribution in [3.63, 3.8) is 0 Å². The van der Waals surface area contributed by atoms with E-state index >= 15 is 0 Å². The Morgan fingerprint density at radius 3 is 2.17 bits per heavy atom. The Labute approximate surface area is 145 Å². The fourth-order valence-electron chi connectivity index (χ4n) is 2.13. The molecule has 0 saturated carbocycles. The molecule has 0 heterocycles. The molecule has 7 heteroatoms. The number of nitrogens with zero attached hydrogens (tertiary/aromatic N) is 1. The minimum absolute atomic E-state index is 0.133. The standard InChI is InChI=1S/C16H18BrNO4S/c1-18(11-12-7-5-4-6-8-12)23(19,20)16-10-15(22-3)14(21-2)9-13(16)17/h4-10H,11H2,1-3H3. The molecule has 0 N–H and O–H groups in total. The summed E-state index contributed by atoms with van der Waals surface area (Å²) in [7, 11) is 0.841. The third-order valence-electron chi connectivity index (χ3n) is 3.37. The van der Waals surface area contributed by atoms with Crippen LogP contribution in [0.3, 0.4) is 0 Å². The van der Waals surface area contributed by atoms with Crippen LogP contribution in [0.4, 0.5) is 0 Å². The molecule has 0 aliphatic heterocycles. The molecule has 124 valence electrons. The lowest BCUT2D eigenvalue weighted by Crippen LogP contribution is -2.26. The van der Waals surface area contributed by atoms with Crippen LogP contribution < -0.4 is 9.47 Å². The van der Waals surface area contributed by atoms with Gasteiger partial charge in [-0.1, -0.05) is 30.3 Å². The topological polar surface area (TPSA) is 55.8 Å². The summed E-state index contributed by atoms with van der Waals surface area (Å²) in [5.41, 5.74) is 0.912. The zero-order valence-corrected chi connectivity index (χ0v) is 15.5. The minimum atomic E-state index is -3.67. The maximum absolute atomic E-state index is 12.8. The van der Waals surface area contributed by atoms with Crippen LogP contribution >= 0.6 is 15.9 Å². The van der Waals surface area contributed by atoms with Gasteiger partial charge in [0, 0.05) is 24.1 Å². The van der Waals surface area contributed by atoms with E-state index in [1.54, 1.807) is 13.1 Å². The Kier molecular flexibility index (Phi) is 5.67. The van der Waals surface area contributed by atoms with Gasteiger partial charge in [-0.05, 0) is 27.6 Å². The largest absolute Gasteiger partial charge is 0.493 e. The van der Waals surface area contributed by atoms with Gasteiger partial charge in [0.05, 0.1) is 14.2 Å². The van der Waals surface area contributed by atoms with Gasteiger partial charge in [-0.25, -0.2) is 8.42 Å². The van der Waals surface area contributed by atoms with Gasteiger partial charge < -0.3 is 9.47 Å². The molecule has 0 amide bonds. The van der Waals surface area contributed by atoms with Crippen LogP contribution in [-0.2, 0) is 16.6 Å². The van der Waals surface area contributed by atoms with E-state index in [-0.39, 0.29) is 11.4 Å². The van der Waals surface area contributed by atoms with Crippen LogP contribution in [0, 0.1) is 0 Å². The Bertz CT molecular complexity index is 778. The molecule has 0 aliphatic rings. The summed E-state index contributed by atoms with van der Waals surface area (Å²) in [6.45, 7) is 0.282. The van der Waals surface area contributed by atoms with E-state index in [1.807, 2.05) is 30.3 Å². The van der Waals surface area contributed by atoms with Gasteiger partial charge in [0.15, 0.2) is 11.5 Å². The third kappa shape index (κ3) is 3.85. The first kappa shape index (κ1) is 17.8. The van der Waals surface area contributed by atoms with Crippen molar-refractivity contribution >= 4 is 26.0 Å². The molecule has 0 atom stereocenters. The van der Waals surface area contributed by atoms with E-state index in [4.69, 9.17) is 9.47 Å². The van der Waals surface area contributed by atoms with E-state index in [2.05, 4.69) is 15.9 Å². The van der Waals surface area contributed by atoms with Crippen molar-refractivity contribution in [2.45, 2.75) is 11.4 Å². The SMILES string of the molecule is COc1cc(Br)c(S(=O)(=O)N(C)Cc2ccccc2)cc1OC. The van der Waals surface area contributed by atoms with Gasteiger partial charge in [0.1, 0.15) is 4.90 Å².